The molecule has 0 bridgehead atoms. The monoisotopic (exact) mass is 306 g/mol. The van der Waals surface area contributed by atoms with Crippen LogP contribution < -0.4 is 0 Å². The standard InChI is InChI=1S/C14H21F3N2O2/c1-12(2,3)13(9-18-4)5-7-19(8-6-13)11(20)21-10-14(15,16)17/h5-10H2,1-3H3. The maximum atomic E-state index is 12.0. The molecule has 0 radical (unpaired) electrons. The number of carbonyl (C=O) groups is 1. The van der Waals surface area contributed by atoms with Gasteiger partial charge in [-0.2, -0.15) is 13.2 Å². The van der Waals surface area contributed by atoms with Gasteiger partial charge in [0.1, 0.15) is 0 Å². The smallest absolute Gasteiger partial charge is 0.422 e. The number of piperidine rings is 1. The van der Waals surface area contributed by atoms with Crippen LogP contribution in [0.25, 0.3) is 4.85 Å². The molecule has 0 spiro atoms. The summed E-state index contributed by atoms with van der Waals surface area (Å²) in [4.78, 5) is 16.4. The number of nitrogens with zero attached hydrogens (tertiary/aromatic N) is 2. The number of alkyl halides is 3. The fourth-order valence-electron chi connectivity index (χ4n) is 2.65. The van der Waals surface area contributed by atoms with E-state index in [1.807, 2.05) is 0 Å². The minimum Gasteiger partial charge on any atom is -0.440 e. The molecule has 1 saturated heterocycles. The number of ether oxygens (including phenoxy) is 1. The molecule has 1 fully saturated rings. The van der Waals surface area contributed by atoms with E-state index in [2.05, 4.69) is 30.4 Å². The maximum Gasteiger partial charge on any atom is 0.422 e. The highest BCUT2D eigenvalue weighted by molar-refractivity contribution is 5.67. The van der Waals surface area contributed by atoms with Gasteiger partial charge in [0.25, 0.3) is 0 Å². The molecule has 0 aromatic rings. The summed E-state index contributed by atoms with van der Waals surface area (Å²) in [6.45, 7) is 12.7. The van der Waals surface area contributed by atoms with Gasteiger partial charge >= 0.3 is 12.3 Å². The van der Waals surface area contributed by atoms with Crippen LogP contribution in [0.5, 0.6) is 0 Å². The van der Waals surface area contributed by atoms with Crippen LogP contribution in [0.3, 0.4) is 0 Å². The number of hydrogen-bond donors (Lipinski definition) is 0. The van der Waals surface area contributed by atoms with Crippen molar-refractivity contribution in [1.29, 1.82) is 0 Å². The van der Waals surface area contributed by atoms with Crippen molar-refractivity contribution in [2.24, 2.45) is 10.8 Å². The first-order valence-corrected chi connectivity index (χ1v) is 6.82. The van der Waals surface area contributed by atoms with Crippen LogP contribution in [0.2, 0.25) is 0 Å². The minimum absolute atomic E-state index is 0.0977. The number of halogens is 3. The lowest BCUT2D eigenvalue weighted by molar-refractivity contribution is -0.163. The van der Waals surface area contributed by atoms with Crippen LogP contribution in [0, 0.1) is 17.4 Å². The van der Waals surface area contributed by atoms with Crippen molar-refractivity contribution >= 4 is 6.09 Å². The van der Waals surface area contributed by atoms with Crippen molar-refractivity contribution in [3.63, 3.8) is 0 Å². The highest BCUT2D eigenvalue weighted by atomic mass is 19.4. The Labute approximate surface area is 123 Å². The van der Waals surface area contributed by atoms with Gasteiger partial charge in [0.2, 0.25) is 6.54 Å². The lowest BCUT2D eigenvalue weighted by atomic mass is 9.61. The summed E-state index contributed by atoms with van der Waals surface area (Å²) in [6, 6.07) is 0. The molecule has 120 valence electrons. The molecule has 7 heteroatoms. The molecule has 0 N–H and O–H groups in total. The number of rotatable bonds is 2. The molecule has 0 aromatic heterocycles. The normalized spacial score (nSPS) is 19.0. The van der Waals surface area contributed by atoms with Crippen molar-refractivity contribution in [2.75, 3.05) is 26.2 Å². The van der Waals surface area contributed by atoms with E-state index in [4.69, 9.17) is 6.57 Å². The number of hydrogen-bond acceptors (Lipinski definition) is 2. The Balaban J connectivity index is 2.62. The third-order valence-corrected chi connectivity index (χ3v) is 4.31. The molecule has 1 amide bonds. The average Bonchev–Trinajstić information content (AvgIpc) is 2.35. The van der Waals surface area contributed by atoms with E-state index in [0.717, 1.165) is 0 Å². The fourth-order valence-corrected chi connectivity index (χ4v) is 2.65. The zero-order valence-corrected chi connectivity index (χ0v) is 12.6. The van der Waals surface area contributed by atoms with Crippen LogP contribution in [-0.4, -0.2) is 43.4 Å². The van der Waals surface area contributed by atoms with E-state index < -0.39 is 18.9 Å². The predicted octanol–water partition coefficient (Wildman–Crippen LogP) is 3.73. The van der Waals surface area contributed by atoms with Crippen molar-refractivity contribution < 1.29 is 22.7 Å². The van der Waals surface area contributed by atoms with E-state index in [0.29, 0.717) is 32.5 Å². The van der Waals surface area contributed by atoms with Gasteiger partial charge in [-0.3, -0.25) is 0 Å². The van der Waals surface area contributed by atoms with Crippen molar-refractivity contribution in [3.8, 4) is 0 Å². The van der Waals surface area contributed by atoms with E-state index in [9.17, 15) is 18.0 Å². The molecular formula is C14H21F3N2O2. The van der Waals surface area contributed by atoms with Crippen LogP contribution in [-0.2, 0) is 4.74 Å². The quantitative estimate of drug-likeness (QED) is 0.728. The summed E-state index contributed by atoms with van der Waals surface area (Å²) in [5, 5.41) is 0. The summed E-state index contributed by atoms with van der Waals surface area (Å²) < 4.78 is 40.4. The molecule has 0 atom stereocenters. The first-order valence-electron chi connectivity index (χ1n) is 6.82. The van der Waals surface area contributed by atoms with E-state index in [-0.39, 0.29) is 10.8 Å². The molecule has 4 nitrogen and oxygen atoms in total. The molecule has 0 unspecified atom stereocenters. The topological polar surface area (TPSA) is 33.9 Å². The molecule has 1 aliphatic heterocycles. The van der Waals surface area contributed by atoms with Gasteiger partial charge in [-0.1, -0.05) is 20.8 Å². The third kappa shape index (κ3) is 4.51. The summed E-state index contributed by atoms with van der Waals surface area (Å²) >= 11 is 0. The maximum absolute atomic E-state index is 12.0. The van der Waals surface area contributed by atoms with Crippen LogP contribution >= 0.6 is 0 Å². The Morgan fingerprint density at radius 1 is 1.29 bits per heavy atom. The van der Waals surface area contributed by atoms with Crippen LogP contribution in [0.4, 0.5) is 18.0 Å². The first-order chi connectivity index (χ1) is 9.51. The number of carbonyl (C=O) groups excluding carboxylic acids is 1. The van der Waals surface area contributed by atoms with Crippen LogP contribution in [0.15, 0.2) is 0 Å². The van der Waals surface area contributed by atoms with Crippen molar-refractivity contribution in [3.05, 3.63) is 11.4 Å². The molecular weight excluding hydrogens is 285 g/mol. The fraction of sp³-hybridized carbons (Fsp3) is 0.857. The van der Waals surface area contributed by atoms with Gasteiger partial charge in [-0.05, 0) is 18.3 Å². The molecule has 0 aromatic carbocycles. The molecule has 1 heterocycles. The lowest BCUT2D eigenvalue weighted by Gasteiger charge is -2.46. The highest BCUT2D eigenvalue weighted by Gasteiger charge is 2.47. The van der Waals surface area contributed by atoms with Gasteiger partial charge in [0.05, 0.1) is 5.41 Å². The SMILES string of the molecule is [C-]#[N+]CC1(C(C)(C)C)CCN(C(=O)OCC(F)(F)F)CC1. The Morgan fingerprint density at radius 2 is 1.81 bits per heavy atom. The predicted molar refractivity (Wildman–Crippen MR) is 71.6 cm³/mol. The van der Waals surface area contributed by atoms with Gasteiger partial charge in [-0.25, -0.2) is 11.4 Å². The van der Waals surface area contributed by atoms with Gasteiger partial charge < -0.3 is 14.5 Å². The van der Waals surface area contributed by atoms with E-state index >= 15 is 0 Å². The van der Waals surface area contributed by atoms with E-state index in [1.165, 1.54) is 4.90 Å². The van der Waals surface area contributed by atoms with Crippen LogP contribution in [0.1, 0.15) is 33.6 Å². The number of amides is 1. The van der Waals surface area contributed by atoms with Gasteiger partial charge in [-0.15, -0.1) is 0 Å². The molecule has 1 rings (SSSR count). The first kappa shape index (κ1) is 17.6. The largest absolute Gasteiger partial charge is 0.440 e. The zero-order chi connectivity index (χ0) is 16.3. The van der Waals surface area contributed by atoms with Gasteiger partial charge in [0.15, 0.2) is 6.61 Å². The molecule has 1 aliphatic rings. The Kier molecular flexibility index (Phi) is 5.13. The Hall–Kier alpha value is -1.45. The second-order valence-electron chi connectivity index (χ2n) is 6.50. The second-order valence-corrected chi connectivity index (χ2v) is 6.50. The van der Waals surface area contributed by atoms with Gasteiger partial charge in [0, 0.05) is 13.1 Å². The average molecular weight is 306 g/mol. The highest BCUT2D eigenvalue weighted by Crippen LogP contribution is 2.47. The van der Waals surface area contributed by atoms with Crippen molar-refractivity contribution in [1.82, 2.24) is 4.90 Å². The van der Waals surface area contributed by atoms with Crippen molar-refractivity contribution in [2.45, 2.75) is 39.8 Å². The Morgan fingerprint density at radius 3 is 2.19 bits per heavy atom. The second kappa shape index (κ2) is 6.12. The molecule has 0 saturated carbocycles. The Bertz CT molecular complexity index is 413. The van der Waals surface area contributed by atoms with E-state index in [1.54, 1.807) is 0 Å². The zero-order valence-electron chi connectivity index (χ0n) is 12.6. The third-order valence-electron chi connectivity index (χ3n) is 4.31. The molecule has 0 aliphatic carbocycles. The molecule has 21 heavy (non-hydrogen) atoms. The number of likely N-dealkylation sites (tertiary alicyclic amines) is 1. The lowest BCUT2D eigenvalue weighted by Crippen LogP contribution is -2.50. The summed E-state index contributed by atoms with van der Waals surface area (Å²) in [5.74, 6) is 0. The summed E-state index contributed by atoms with van der Waals surface area (Å²) in [6.07, 6.45) is -4.25. The summed E-state index contributed by atoms with van der Waals surface area (Å²) in [5.41, 5.74) is -0.310. The summed E-state index contributed by atoms with van der Waals surface area (Å²) in [7, 11) is 0. The minimum atomic E-state index is -4.51.